The van der Waals surface area contributed by atoms with Gasteiger partial charge >= 0.3 is 12.5 Å². The lowest BCUT2D eigenvalue weighted by Crippen LogP contribution is -2.33. The molecule has 0 atom stereocenters. The molecule has 4 aromatic rings. The summed E-state index contributed by atoms with van der Waals surface area (Å²) in [5.74, 6) is 0.777. The average Bonchev–Trinajstić information content (AvgIpc) is 3.20. The fourth-order valence-corrected chi connectivity index (χ4v) is 3.36. The molecule has 2 aromatic heterocycles. The van der Waals surface area contributed by atoms with Crippen LogP contribution in [0.25, 0.3) is 11.0 Å². The number of ether oxygens (including phenoxy) is 2. The van der Waals surface area contributed by atoms with Gasteiger partial charge in [0.2, 0.25) is 0 Å². The molecule has 0 saturated carbocycles. The number of nitrogens with one attached hydrogen (secondary N) is 1. The Morgan fingerprint density at radius 1 is 1.06 bits per heavy atom. The van der Waals surface area contributed by atoms with E-state index in [4.69, 9.17) is 10.5 Å². The monoisotopic (exact) mass is 547 g/mol. The maximum Gasteiger partial charge on any atom is 0.461 e. The molecule has 36 heavy (non-hydrogen) atoms. The Hall–Kier alpha value is -3.28. The number of benzene rings is 2. The summed E-state index contributed by atoms with van der Waals surface area (Å²) in [6.45, 7) is 2.89. The van der Waals surface area contributed by atoms with E-state index in [0.717, 1.165) is 34.4 Å². The average molecular weight is 548 g/mol. The van der Waals surface area contributed by atoms with Crippen LogP contribution in [-0.4, -0.2) is 33.6 Å². The summed E-state index contributed by atoms with van der Waals surface area (Å²) in [5, 5.41) is 3.27. The number of anilines is 2. The topological polar surface area (TPSA) is 87.2 Å². The predicted octanol–water partition coefficient (Wildman–Crippen LogP) is 6.31. The minimum absolute atomic E-state index is 0. The highest BCUT2D eigenvalue weighted by atomic mass is 35.5. The number of aryl methyl sites for hydroxylation is 1. The Balaban J connectivity index is 0.00000228. The second-order valence-electron chi connectivity index (χ2n) is 7.40. The lowest BCUT2D eigenvalue weighted by atomic mass is 10.2. The molecule has 0 bridgehead atoms. The normalized spacial score (nSPS) is 11.1. The van der Waals surface area contributed by atoms with E-state index < -0.39 is 18.3 Å². The van der Waals surface area contributed by atoms with Gasteiger partial charge in [0, 0.05) is 31.0 Å². The molecule has 3 N–H and O–H groups in total. The lowest BCUT2D eigenvalue weighted by molar-refractivity contribution is -0.253. The van der Waals surface area contributed by atoms with Gasteiger partial charge in [-0.15, -0.1) is 24.8 Å². The molecular weight excluding hydrogens is 525 g/mol. The van der Waals surface area contributed by atoms with Crippen LogP contribution >= 0.6 is 24.8 Å². The van der Waals surface area contributed by atoms with Gasteiger partial charge in [-0.25, -0.2) is 9.97 Å². The van der Waals surface area contributed by atoms with Gasteiger partial charge in [-0.05, 0) is 48.9 Å². The van der Waals surface area contributed by atoms with E-state index in [-0.39, 0.29) is 30.6 Å². The van der Waals surface area contributed by atoms with Crippen molar-refractivity contribution >= 4 is 47.4 Å². The number of fused-ring (bicyclic) bond motifs is 1. The Morgan fingerprint density at radius 3 is 2.50 bits per heavy atom. The largest absolute Gasteiger partial charge is 0.461 e. The van der Waals surface area contributed by atoms with Crippen molar-refractivity contribution in [2.24, 2.45) is 5.73 Å². The van der Waals surface area contributed by atoms with E-state index in [1.807, 2.05) is 22.9 Å². The molecule has 0 aliphatic rings. The second kappa shape index (κ2) is 12.1. The van der Waals surface area contributed by atoms with Crippen molar-refractivity contribution in [1.82, 2.24) is 14.5 Å². The van der Waals surface area contributed by atoms with Crippen LogP contribution in [0, 0.1) is 6.92 Å². The van der Waals surface area contributed by atoms with Crippen molar-refractivity contribution in [2.45, 2.75) is 26.0 Å². The zero-order valence-electron chi connectivity index (χ0n) is 18.8. The van der Waals surface area contributed by atoms with E-state index in [0.29, 0.717) is 24.7 Å². The first kappa shape index (κ1) is 29.0. The van der Waals surface area contributed by atoms with E-state index in [1.54, 1.807) is 19.1 Å². The molecule has 0 spiro atoms. The number of alkyl halides is 4. The maximum atomic E-state index is 13.2. The SMILES string of the molecule is Cc1cc(Nc2ncnc3ccn(CCN)c23)ccc1Oc1cccc(OC(F)(F)C(F)F)c1.Cl.Cl. The molecule has 194 valence electrons. The Bertz CT molecular complexity index is 1310. The van der Waals surface area contributed by atoms with Crippen molar-refractivity contribution < 1.29 is 27.0 Å². The van der Waals surface area contributed by atoms with E-state index in [9.17, 15) is 17.6 Å². The molecule has 13 heteroatoms. The van der Waals surface area contributed by atoms with Gasteiger partial charge in [0.25, 0.3) is 0 Å². The second-order valence-corrected chi connectivity index (χ2v) is 7.40. The summed E-state index contributed by atoms with van der Waals surface area (Å²) in [6.07, 6.45) is -5.19. The van der Waals surface area contributed by atoms with E-state index in [2.05, 4.69) is 20.0 Å². The molecule has 0 unspecified atom stereocenters. The summed E-state index contributed by atoms with van der Waals surface area (Å²) in [6, 6.07) is 12.3. The molecule has 0 aliphatic carbocycles. The summed E-state index contributed by atoms with van der Waals surface area (Å²) in [4.78, 5) is 8.62. The fraction of sp³-hybridized carbons (Fsp3) is 0.217. The van der Waals surface area contributed by atoms with E-state index in [1.165, 1.54) is 18.5 Å². The van der Waals surface area contributed by atoms with Crippen molar-refractivity contribution in [1.29, 1.82) is 0 Å². The molecule has 2 heterocycles. The Kier molecular flexibility index (Phi) is 9.74. The summed E-state index contributed by atoms with van der Waals surface area (Å²) in [5.41, 5.74) is 8.76. The van der Waals surface area contributed by atoms with Gasteiger partial charge in [0.15, 0.2) is 5.82 Å². The third-order valence-electron chi connectivity index (χ3n) is 4.90. The highest BCUT2D eigenvalue weighted by Crippen LogP contribution is 2.33. The third kappa shape index (κ3) is 6.48. The molecular formula is C23H23Cl2F4N5O2. The number of rotatable bonds is 9. The van der Waals surface area contributed by atoms with Crippen LogP contribution < -0.4 is 20.5 Å². The van der Waals surface area contributed by atoms with Crippen molar-refractivity contribution in [3.8, 4) is 17.2 Å². The van der Waals surface area contributed by atoms with Crippen molar-refractivity contribution in [2.75, 3.05) is 11.9 Å². The van der Waals surface area contributed by atoms with Gasteiger partial charge in [-0.2, -0.15) is 17.6 Å². The number of hydrogen-bond donors (Lipinski definition) is 2. The first-order valence-corrected chi connectivity index (χ1v) is 10.3. The highest BCUT2D eigenvalue weighted by molar-refractivity contribution is 5.88. The zero-order chi connectivity index (χ0) is 24.3. The van der Waals surface area contributed by atoms with Crippen molar-refractivity contribution in [3.63, 3.8) is 0 Å². The van der Waals surface area contributed by atoms with Crippen LogP contribution in [0.3, 0.4) is 0 Å². The van der Waals surface area contributed by atoms with E-state index >= 15 is 0 Å². The van der Waals surface area contributed by atoms with Gasteiger partial charge in [0.1, 0.15) is 29.1 Å². The third-order valence-corrected chi connectivity index (χ3v) is 4.90. The smallest absolute Gasteiger partial charge is 0.457 e. The van der Waals surface area contributed by atoms with Crippen molar-refractivity contribution in [3.05, 3.63) is 66.6 Å². The van der Waals surface area contributed by atoms with Crippen LogP contribution in [0.15, 0.2) is 61.1 Å². The number of hydrogen-bond acceptors (Lipinski definition) is 6. The first-order valence-electron chi connectivity index (χ1n) is 10.3. The zero-order valence-corrected chi connectivity index (χ0v) is 20.5. The van der Waals surface area contributed by atoms with Crippen LogP contribution in [0.4, 0.5) is 29.1 Å². The molecule has 2 aromatic carbocycles. The van der Waals surface area contributed by atoms with Gasteiger partial charge in [0.05, 0.1) is 5.52 Å². The van der Waals surface area contributed by atoms with Gasteiger partial charge in [-0.3, -0.25) is 0 Å². The minimum atomic E-state index is -4.60. The summed E-state index contributed by atoms with van der Waals surface area (Å²) in [7, 11) is 0. The fourth-order valence-electron chi connectivity index (χ4n) is 3.36. The quantitative estimate of drug-likeness (QED) is 0.238. The number of halogens is 6. The molecule has 7 nitrogen and oxygen atoms in total. The molecule has 0 amide bonds. The maximum absolute atomic E-state index is 13.2. The Morgan fingerprint density at radius 2 is 1.81 bits per heavy atom. The number of nitrogens with two attached hydrogens (primary N) is 1. The molecule has 0 radical (unpaired) electrons. The van der Waals surface area contributed by atoms with Gasteiger partial charge in [-0.1, -0.05) is 6.07 Å². The highest BCUT2D eigenvalue weighted by Gasteiger charge is 2.44. The lowest BCUT2D eigenvalue weighted by Gasteiger charge is -2.17. The van der Waals surface area contributed by atoms with Crippen LogP contribution in [0.2, 0.25) is 0 Å². The molecule has 0 aliphatic heterocycles. The molecule has 4 rings (SSSR count). The minimum Gasteiger partial charge on any atom is -0.457 e. The number of aromatic nitrogens is 3. The standard InChI is InChI=1S/C23H21F4N5O2.2ClH/c1-14-11-15(31-21-20-18(29-13-30-21)7-9-32(20)10-8-28)5-6-19(14)33-16-3-2-4-17(12-16)34-23(26,27)22(24)25;;/h2-7,9,11-13,22H,8,10,28H2,1H3,(H,29,30,31);2*1H. The predicted molar refractivity (Wildman–Crippen MR) is 134 cm³/mol. The number of nitrogens with zero attached hydrogens (tertiary/aromatic N) is 3. The van der Waals surface area contributed by atoms with Gasteiger partial charge < -0.3 is 25.1 Å². The van der Waals surface area contributed by atoms with Crippen LogP contribution in [0.5, 0.6) is 17.2 Å². The van der Waals surface area contributed by atoms with Crippen LogP contribution in [0.1, 0.15) is 5.56 Å². The molecule has 0 fully saturated rings. The molecule has 0 saturated heterocycles. The first-order chi connectivity index (χ1) is 16.3. The van der Waals surface area contributed by atoms with Crippen LogP contribution in [-0.2, 0) is 6.54 Å². The summed E-state index contributed by atoms with van der Waals surface area (Å²) >= 11 is 0. The Labute approximate surface area is 216 Å². The summed E-state index contributed by atoms with van der Waals surface area (Å²) < 4.78 is 63.0.